The van der Waals surface area contributed by atoms with Crippen LogP contribution in [0.4, 0.5) is 0 Å². The summed E-state index contributed by atoms with van der Waals surface area (Å²) in [5.41, 5.74) is 0.429. The Morgan fingerprint density at radius 2 is 1.68 bits per heavy atom. The lowest BCUT2D eigenvalue weighted by Crippen LogP contribution is -2.16. The highest BCUT2D eigenvalue weighted by molar-refractivity contribution is 5.96. The molecule has 0 aliphatic rings. The number of hydrogen-bond donors (Lipinski definition) is 1. The second-order valence-electron chi connectivity index (χ2n) is 5.53. The van der Waals surface area contributed by atoms with Gasteiger partial charge < -0.3 is 19.3 Å². The molecule has 0 atom stereocenters. The molecule has 1 N–H and O–H groups in total. The van der Waals surface area contributed by atoms with Crippen molar-refractivity contribution < 1.29 is 28.9 Å². The van der Waals surface area contributed by atoms with Crippen molar-refractivity contribution in [1.29, 1.82) is 0 Å². The van der Waals surface area contributed by atoms with Crippen LogP contribution in [0.5, 0.6) is 17.4 Å². The summed E-state index contributed by atoms with van der Waals surface area (Å²) in [4.78, 5) is 33.0. The van der Waals surface area contributed by atoms with E-state index in [9.17, 15) is 14.7 Å². The Morgan fingerprint density at radius 1 is 0.929 bits per heavy atom. The lowest BCUT2D eigenvalue weighted by atomic mass is 10.2. The molecule has 0 fully saturated rings. The monoisotopic (exact) mass is 380 g/mol. The van der Waals surface area contributed by atoms with Crippen LogP contribution in [0.3, 0.4) is 0 Å². The van der Waals surface area contributed by atoms with Crippen LogP contribution in [0.1, 0.15) is 20.8 Å². The van der Waals surface area contributed by atoms with E-state index >= 15 is 0 Å². The van der Waals surface area contributed by atoms with Gasteiger partial charge in [0, 0.05) is 5.56 Å². The number of aromatic nitrogens is 2. The largest absolute Gasteiger partial charge is 0.508 e. The van der Waals surface area contributed by atoms with E-state index in [2.05, 4.69) is 9.97 Å². The zero-order valence-corrected chi connectivity index (χ0v) is 15.1. The van der Waals surface area contributed by atoms with Crippen LogP contribution in [-0.4, -0.2) is 41.2 Å². The Balaban J connectivity index is 2.10. The molecule has 28 heavy (non-hydrogen) atoms. The molecule has 3 aromatic rings. The quantitative estimate of drug-likeness (QED) is 0.673. The SMILES string of the molecule is COC(=O)c1nc(-c2cccc(O)c2)nc(OC)c1OC(=O)c1ccccc1. The van der Waals surface area contributed by atoms with Gasteiger partial charge in [-0.3, -0.25) is 0 Å². The lowest BCUT2D eigenvalue weighted by molar-refractivity contribution is 0.0583. The predicted octanol–water partition coefficient (Wildman–Crippen LogP) is 2.86. The van der Waals surface area contributed by atoms with E-state index in [1.54, 1.807) is 42.5 Å². The second kappa shape index (κ2) is 8.17. The first-order valence-corrected chi connectivity index (χ1v) is 8.14. The molecule has 8 nitrogen and oxygen atoms in total. The average Bonchev–Trinajstić information content (AvgIpc) is 2.73. The molecule has 0 unspecified atom stereocenters. The summed E-state index contributed by atoms with van der Waals surface area (Å²) >= 11 is 0. The molecule has 0 bridgehead atoms. The van der Waals surface area contributed by atoms with Crippen molar-refractivity contribution in [2.24, 2.45) is 0 Å². The summed E-state index contributed by atoms with van der Waals surface area (Å²) < 4.78 is 15.3. The minimum Gasteiger partial charge on any atom is -0.508 e. The third-order valence-electron chi connectivity index (χ3n) is 3.72. The topological polar surface area (TPSA) is 108 Å². The smallest absolute Gasteiger partial charge is 0.360 e. The summed E-state index contributed by atoms with van der Waals surface area (Å²) in [5.74, 6) is -1.84. The minimum atomic E-state index is -0.835. The van der Waals surface area contributed by atoms with Gasteiger partial charge in [-0.1, -0.05) is 30.3 Å². The number of esters is 2. The highest BCUT2D eigenvalue weighted by Gasteiger charge is 2.26. The van der Waals surface area contributed by atoms with Crippen molar-refractivity contribution in [1.82, 2.24) is 9.97 Å². The first-order chi connectivity index (χ1) is 13.5. The van der Waals surface area contributed by atoms with Gasteiger partial charge in [-0.15, -0.1) is 0 Å². The Labute approximate surface area is 160 Å². The fourth-order valence-electron chi connectivity index (χ4n) is 2.40. The molecule has 0 spiro atoms. The van der Waals surface area contributed by atoms with E-state index < -0.39 is 11.9 Å². The summed E-state index contributed by atoms with van der Waals surface area (Å²) in [6.45, 7) is 0. The van der Waals surface area contributed by atoms with Crippen LogP contribution in [-0.2, 0) is 4.74 Å². The summed E-state index contributed by atoms with van der Waals surface area (Å²) in [7, 11) is 2.49. The maximum absolute atomic E-state index is 12.4. The minimum absolute atomic E-state index is 0.000679. The Morgan fingerprint density at radius 3 is 2.32 bits per heavy atom. The van der Waals surface area contributed by atoms with Crippen LogP contribution in [0.25, 0.3) is 11.4 Å². The number of hydrogen-bond acceptors (Lipinski definition) is 8. The van der Waals surface area contributed by atoms with E-state index in [1.165, 1.54) is 26.4 Å². The van der Waals surface area contributed by atoms with Crippen molar-refractivity contribution in [3.05, 3.63) is 65.9 Å². The molecule has 2 aromatic carbocycles. The van der Waals surface area contributed by atoms with Crippen LogP contribution >= 0.6 is 0 Å². The third kappa shape index (κ3) is 3.90. The maximum Gasteiger partial charge on any atom is 0.360 e. The number of phenolic OH excluding ortho intramolecular Hbond substituents is 1. The highest BCUT2D eigenvalue weighted by Crippen LogP contribution is 2.33. The molecule has 0 aliphatic heterocycles. The standard InChI is InChI=1S/C20H16N2O6/c1-26-18-16(28-19(24)12-7-4-3-5-8-12)15(20(25)27-2)21-17(22-18)13-9-6-10-14(23)11-13/h3-11,23H,1-2H3. The number of methoxy groups -OCH3 is 2. The molecule has 3 rings (SSSR count). The molecule has 0 saturated heterocycles. The first-order valence-electron chi connectivity index (χ1n) is 8.14. The van der Waals surface area contributed by atoms with Gasteiger partial charge in [0.1, 0.15) is 5.75 Å². The van der Waals surface area contributed by atoms with Gasteiger partial charge in [0.2, 0.25) is 5.75 Å². The number of nitrogens with zero attached hydrogens (tertiary/aromatic N) is 2. The molecule has 0 aliphatic carbocycles. The van der Waals surface area contributed by atoms with Crippen LogP contribution in [0, 0.1) is 0 Å². The van der Waals surface area contributed by atoms with Crippen LogP contribution < -0.4 is 9.47 Å². The van der Waals surface area contributed by atoms with Gasteiger partial charge in [-0.25, -0.2) is 14.6 Å². The molecule has 0 amide bonds. The van der Waals surface area contributed by atoms with Crippen LogP contribution in [0.15, 0.2) is 54.6 Å². The molecule has 1 heterocycles. The van der Waals surface area contributed by atoms with Crippen molar-refractivity contribution >= 4 is 11.9 Å². The molecule has 1 aromatic heterocycles. The number of carbonyl (C=O) groups excluding carboxylic acids is 2. The molecule has 8 heteroatoms. The normalized spacial score (nSPS) is 10.2. The fraction of sp³-hybridized carbons (Fsp3) is 0.100. The maximum atomic E-state index is 12.4. The summed E-state index contributed by atoms with van der Waals surface area (Å²) in [6, 6.07) is 14.4. The lowest BCUT2D eigenvalue weighted by Gasteiger charge is -2.13. The van der Waals surface area contributed by atoms with Gasteiger partial charge in [0.25, 0.3) is 5.88 Å². The fourth-order valence-corrected chi connectivity index (χ4v) is 2.40. The van der Waals surface area contributed by atoms with Crippen molar-refractivity contribution in [3.8, 4) is 28.8 Å². The van der Waals surface area contributed by atoms with E-state index in [-0.39, 0.29) is 34.5 Å². The Kier molecular flexibility index (Phi) is 5.50. The number of aromatic hydroxyl groups is 1. The van der Waals surface area contributed by atoms with Gasteiger partial charge >= 0.3 is 11.9 Å². The van der Waals surface area contributed by atoms with Gasteiger partial charge in [-0.2, -0.15) is 4.98 Å². The zero-order valence-electron chi connectivity index (χ0n) is 15.1. The van der Waals surface area contributed by atoms with Crippen LogP contribution in [0.2, 0.25) is 0 Å². The van der Waals surface area contributed by atoms with E-state index in [4.69, 9.17) is 14.2 Å². The number of carbonyl (C=O) groups is 2. The molecule has 142 valence electrons. The number of ether oxygens (including phenoxy) is 3. The molecule has 0 radical (unpaired) electrons. The summed E-state index contributed by atoms with van der Waals surface area (Å²) in [5, 5.41) is 9.68. The Hall–Kier alpha value is -3.94. The van der Waals surface area contributed by atoms with Crippen molar-refractivity contribution in [2.75, 3.05) is 14.2 Å². The van der Waals surface area contributed by atoms with Crippen molar-refractivity contribution in [2.45, 2.75) is 0 Å². The summed E-state index contributed by atoms with van der Waals surface area (Å²) in [6.07, 6.45) is 0. The zero-order chi connectivity index (χ0) is 20.1. The first kappa shape index (κ1) is 18.8. The number of benzene rings is 2. The van der Waals surface area contributed by atoms with E-state index in [0.717, 1.165) is 0 Å². The number of phenols is 1. The van der Waals surface area contributed by atoms with E-state index in [0.29, 0.717) is 5.56 Å². The average molecular weight is 380 g/mol. The molecular weight excluding hydrogens is 364 g/mol. The van der Waals surface area contributed by atoms with Gasteiger partial charge in [0.15, 0.2) is 11.5 Å². The van der Waals surface area contributed by atoms with Gasteiger partial charge in [-0.05, 0) is 24.3 Å². The van der Waals surface area contributed by atoms with Gasteiger partial charge in [0.05, 0.1) is 19.8 Å². The number of rotatable bonds is 5. The predicted molar refractivity (Wildman–Crippen MR) is 98.4 cm³/mol. The second-order valence-corrected chi connectivity index (χ2v) is 5.53. The highest BCUT2D eigenvalue weighted by atomic mass is 16.6. The van der Waals surface area contributed by atoms with Crippen molar-refractivity contribution in [3.63, 3.8) is 0 Å². The Bertz CT molecular complexity index is 1020. The molecule has 0 saturated carbocycles. The third-order valence-corrected chi connectivity index (χ3v) is 3.72. The van der Waals surface area contributed by atoms with E-state index in [1.807, 2.05) is 0 Å². The molecular formula is C20H16N2O6.